The minimum Gasteiger partial charge on any atom is -0.480 e. The van der Waals surface area contributed by atoms with Crippen LogP contribution < -0.4 is 10.6 Å². The number of hydrogen-bond donors (Lipinski definition) is 3. The lowest BCUT2D eigenvalue weighted by Gasteiger charge is -2.19. The lowest BCUT2D eigenvalue weighted by atomic mass is 10.1. The van der Waals surface area contributed by atoms with Gasteiger partial charge in [0.05, 0.1) is 0 Å². The Labute approximate surface area is 114 Å². The fourth-order valence-electron chi connectivity index (χ4n) is 1.40. The Kier molecular flexibility index (Phi) is 7.28. The van der Waals surface area contributed by atoms with Gasteiger partial charge in [0.15, 0.2) is 0 Å². The first-order chi connectivity index (χ1) is 8.72. The SMILES string of the molecule is CCNC(=O)NC(=O)C(C)S(=O)C(C(=O)O)C(C)C. The number of carbonyl (C=O) groups excluding carboxylic acids is 2. The number of carboxylic acids is 1. The summed E-state index contributed by atoms with van der Waals surface area (Å²) in [6, 6.07) is -0.687. The van der Waals surface area contributed by atoms with Crippen LogP contribution in [0.1, 0.15) is 27.7 Å². The third-order valence-electron chi connectivity index (χ3n) is 2.39. The van der Waals surface area contributed by atoms with Crippen LogP contribution in [0.15, 0.2) is 0 Å². The van der Waals surface area contributed by atoms with Crippen LogP contribution >= 0.6 is 0 Å². The first-order valence-electron chi connectivity index (χ1n) is 5.93. The Hall–Kier alpha value is -1.44. The minimum absolute atomic E-state index is 0.348. The summed E-state index contributed by atoms with van der Waals surface area (Å²) in [5, 5.41) is 11.2. The molecular formula is C11H20N2O5S. The number of imide groups is 1. The van der Waals surface area contributed by atoms with E-state index in [0.29, 0.717) is 6.54 Å². The summed E-state index contributed by atoms with van der Waals surface area (Å²) in [6.07, 6.45) is 0. The van der Waals surface area contributed by atoms with Crippen LogP contribution in [0, 0.1) is 5.92 Å². The van der Waals surface area contributed by atoms with E-state index in [1.165, 1.54) is 6.92 Å². The number of hydrogen-bond acceptors (Lipinski definition) is 4. The maximum absolute atomic E-state index is 12.0. The van der Waals surface area contributed by atoms with Gasteiger partial charge in [-0.25, -0.2) is 4.79 Å². The van der Waals surface area contributed by atoms with Crippen LogP contribution in [0.2, 0.25) is 0 Å². The van der Waals surface area contributed by atoms with Crippen LogP contribution in [0.3, 0.4) is 0 Å². The van der Waals surface area contributed by atoms with E-state index in [2.05, 4.69) is 5.32 Å². The van der Waals surface area contributed by atoms with Crippen LogP contribution in [0.4, 0.5) is 4.79 Å². The molecule has 7 nitrogen and oxygen atoms in total. The number of amides is 3. The van der Waals surface area contributed by atoms with Crippen molar-refractivity contribution in [3.8, 4) is 0 Å². The molecule has 0 saturated carbocycles. The Bertz CT molecular complexity index is 383. The second kappa shape index (κ2) is 7.88. The zero-order valence-corrected chi connectivity index (χ0v) is 12.2. The Balaban J connectivity index is 4.75. The van der Waals surface area contributed by atoms with Crippen molar-refractivity contribution >= 4 is 28.7 Å². The quantitative estimate of drug-likeness (QED) is 0.641. The molecule has 0 heterocycles. The van der Waals surface area contributed by atoms with Gasteiger partial charge in [-0.3, -0.25) is 19.1 Å². The topological polar surface area (TPSA) is 113 Å². The number of aliphatic carboxylic acids is 1. The van der Waals surface area contributed by atoms with Crippen molar-refractivity contribution in [1.82, 2.24) is 10.6 Å². The molecule has 0 rings (SSSR count). The van der Waals surface area contributed by atoms with Gasteiger partial charge in [-0.15, -0.1) is 0 Å². The van der Waals surface area contributed by atoms with E-state index < -0.39 is 39.2 Å². The minimum atomic E-state index is -1.90. The maximum Gasteiger partial charge on any atom is 0.321 e. The van der Waals surface area contributed by atoms with Crippen molar-refractivity contribution in [2.75, 3.05) is 6.54 Å². The van der Waals surface area contributed by atoms with E-state index in [-0.39, 0.29) is 5.92 Å². The molecule has 0 aromatic carbocycles. The molecule has 0 aliphatic heterocycles. The summed E-state index contributed by atoms with van der Waals surface area (Å²) < 4.78 is 12.0. The Morgan fingerprint density at radius 1 is 1.21 bits per heavy atom. The van der Waals surface area contributed by atoms with Gasteiger partial charge in [-0.1, -0.05) is 13.8 Å². The molecule has 3 unspecified atom stereocenters. The molecule has 0 aliphatic rings. The number of urea groups is 1. The molecule has 110 valence electrons. The number of nitrogens with one attached hydrogen (secondary N) is 2. The highest BCUT2D eigenvalue weighted by Gasteiger charge is 2.34. The van der Waals surface area contributed by atoms with Crippen LogP contribution in [-0.2, 0) is 20.4 Å². The first-order valence-corrected chi connectivity index (χ1v) is 7.20. The largest absolute Gasteiger partial charge is 0.480 e. The summed E-state index contributed by atoms with van der Waals surface area (Å²) in [5.41, 5.74) is 0. The molecule has 0 aromatic heterocycles. The predicted octanol–water partition coefficient (Wildman–Crippen LogP) is 0.0785. The van der Waals surface area contributed by atoms with Gasteiger partial charge >= 0.3 is 12.0 Å². The molecule has 0 bridgehead atoms. The third-order valence-corrected chi connectivity index (χ3v) is 4.55. The molecule has 3 N–H and O–H groups in total. The molecule has 0 spiro atoms. The molecule has 0 aromatic rings. The standard InChI is InChI=1S/C11H20N2O5S/c1-5-12-11(17)13-9(14)7(4)19(18)8(6(2)3)10(15)16/h6-8H,5H2,1-4H3,(H,15,16)(H2,12,13,14,17). The lowest BCUT2D eigenvalue weighted by molar-refractivity contribution is -0.137. The van der Waals surface area contributed by atoms with Crippen molar-refractivity contribution in [2.45, 2.75) is 38.2 Å². The normalized spacial score (nSPS) is 15.4. The van der Waals surface area contributed by atoms with E-state index in [9.17, 15) is 18.6 Å². The Morgan fingerprint density at radius 2 is 1.74 bits per heavy atom. The first kappa shape index (κ1) is 17.6. The number of carbonyl (C=O) groups is 3. The van der Waals surface area contributed by atoms with Crippen molar-refractivity contribution in [1.29, 1.82) is 0 Å². The van der Waals surface area contributed by atoms with E-state index in [4.69, 9.17) is 5.11 Å². The van der Waals surface area contributed by atoms with Gasteiger partial charge in [0.1, 0.15) is 10.5 Å². The van der Waals surface area contributed by atoms with Gasteiger partial charge in [-0.2, -0.15) is 0 Å². The van der Waals surface area contributed by atoms with Crippen molar-refractivity contribution in [3.05, 3.63) is 0 Å². The van der Waals surface area contributed by atoms with Crippen LogP contribution in [-0.4, -0.2) is 44.3 Å². The summed E-state index contributed by atoms with van der Waals surface area (Å²) >= 11 is 0. The number of carboxylic acid groups (broad SMARTS) is 1. The van der Waals surface area contributed by atoms with Gasteiger partial charge in [-0.05, 0) is 19.8 Å². The van der Waals surface area contributed by atoms with Crippen LogP contribution in [0.25, 0.3) is 0 Å². The molecule has 0 radical (unpaired) electrons. The van der Waals surface area contributed by atoms with Crippen LogP contribution in [0.5, 0.6) is 0 Å². The van der Waals surface area contributed by atoms with Gasteiger partial charge < -0.3 is 10.4 Å². The van der Waals surface area contributed by atoms with Gasteiger partial charge in [0, 0.05) is 17.3 Å². The van der Waals surface area contributed by atoms with E-state index in [0.717, 1.165) is 0 Å². The third kappa shape index (κ3) is 5.37. The average Bonchev–Trinajstić information content (AvgIpc) is 2.26. The highest BCUT2D eigenvalue weighted by Crippen LogP contribution is 2.14. The summed E-state index contributed by atoms with van der Waals surface area (Å²) in [7, 11) is -1.90. The highest BCUT2D eigenvalue weighted by atomic mass is 32.2. The molecule has 0 fully saturated rings. The molecule has 0 aliphatic carbocycles. The van der Waals surface area contributed by atoms with E-state index in [1.807, 2.05) is 5.32 Å². The van der Waals surface area contributed by atoms with E-state index >= 15 is 0 Å². The van der Waals surface area contributed by atoms with Crippen molar-refractivity contribution in [2.24, 2.45) is 5.92 Å². The van der Waals surface area contributed by atoms with Crippen molar-refractivity contribution in [3.63, 3.8) is 0 Å². The summed E-state index contributed by atoms with van der Waals surface area (Å²) in [5.74, 6) is -2.35. The summed E-state index contributed by atoms with van der Waals surface area (Å²) in [4.78, 5) is 33.9. The van der Waals surface area contributed by atoms with Gasteiger partial charge in [0.25, 0.3) is 0 Å². The predicted molar refractivity (Wildman–Crippen MR) is 71.1 cm³/mol. The summed E-state index contributed by atoms with van der Waals surface area (Å²) in [6.45, 7) is 6.60. The zero-order chi connectivity index (χ0) is 15.2. The Morgan fingerprint density at radius 3 is 2.11 bits per heavy atom. The van der Waals surface area contributed by atoms with Gasteiger partial charge in [0.2, 0.25) is 5.91 Å². The smallest absolute Gasteiger partial charge is 0.321 e. The fraction of sp³-hybridized carbons (Fsp3) is 0.727. The molecule has 3 amide bonds. The van der Waals surface area contributed by atoms with E-state index in [1.54, 1.807) is 20.8 Å². The zero-order valence-electron chi connectivity index (χ0n) is 11.4. The average molecular weight is 292 g/mol. The second-order valence-electron chi connectivity index (χ2n) is 4.32. The lowest BCUT2D eigenvalue weighted by Crippen LogP contribution is -2.47. The van der Waals surface area contributed by atoms with Crippen molar-refractivity contribution < 1.29 is 23.7 Å². The molecule has 0 saturated heterocycles. The molecule has 3 atom stereocenters. The molecular weight excluding hydrogens is 272 g/mol. The highest BCUT2D eigenvalue weighted by molar-refractivity contribution is 7.87. The number of rotatable bonds is 6. The molecule has 8 heteroatoms. The maximum atomic E-state index is 12.0. The second-order valence-corrected chi connectivity index (χ2v) is 6.19. The fourth-order valence-corrected chi connectivity index (χ4v) is 2.84. The monoisotopic (exact) mass is 292 g/mol. The molecule has 19 heavy (non-hydrogen) atoms.